The first-order valence-corrected chi connectivity index (χ1v) is 8.84. The van der Waals surface area contributed by atoms with E-state index in [0.29, 0.717) is 13.1 Å². The van der Waals surface area contributed by atoms with Crippen LogP contribution in [0.5, 0.6) is 5.75 Å². The van der Waals surface area contributed by atoms with E-state index in [4.69, 9.17) is 4.74 Å². The summed E-state index contributed by atoms with van der Waals surface area (Å²) in [6.45, 7) is 9.98. The molecule has 0 spiro atoms. The molecule has 2 rings (SSSR count). The minimum atomic E-state index is -0.483. The van der Waals surface area contributed by atoms with Gasteiger partial charge in [0, 0.05) is 33.1 Å². The van der Waals surface area contributed by atoms with Gasteiger partial charge in [-0.05, 0) is 44.9 Å². The predicted molar refractivity (Wildman–Crippen MR) is 97.3 cm³/mol. The van der Waals surface area contributed by atoms with Crippen LogP contribution in [0.2, 0.25) is 0 Å². The highest BCUT2D eigenvalue weighted by Crippen LogP contribution is 2.32. The molecule has 1 fully saturated rings. The maximum Gasteiger partial charge on any atom is 0.240 e. The van der Waals surface area contributed by atoms with Gasteiger partial charge in [-0.3, -0.25) is 14.5 Å². The van der Waals surface area contributed by atoms with Crippen molar-refractivity contribution in [1.29, 1.82) is 0 Å². The molecule has 1 aromatic rings. The molecule has 1 saturated heterocycles. The molecule has 6 nitrogen and oxygen atoms in total. The van der Waals surface area contributed by atoms with Crippen molar-refractivity contribution in [3.63, 3.8) is 0 Å². The quantitative estimate of drug-likeness (QED) is 0.702. The van der Waals surface area contributed by atoms with Crippen LogP contribution in [-0.4, -0.2) is 48.0 Å². The van der Waals surface area contributed by atoms with Crippen LogP contribution in [0.3, 0.4) is 0 Å². The number of carbonyl (C=O) groups is 2. The Kier molecular flexibility index (Phi) is 6.42. The van der Waals surface area contributed by atoms with Crippen molar-refractivity contribution in [2.75, 3.05) is 19.6 Å². The van der Waals surface area contributed by atoms with Crippen LogP contribution >= 0.6 is 0 Å². The van der Waals surface area contributed by atoms with Gasteiger partial charge in [0.05, 0.1) is 11.6 Å². The van der Waals surface area contributed by atoms with Crippen LogP contribution in [0.4, 0.5) is 0 Å². The zero-order chi connectivity index (χ0) is 18.4. The lowest BCUT2D eigenvalue weighted by atomic mass is 9.85. The van der Waals surface area contributed by atoms with E-state index in [2.05, 4.69) is 15.5 Å². The monoisotopic (exact) mass is 347 g/mol. The molecule has 0 saturated carbocycles. The first-order valence-electron chi connectivity index (χ1n) is 8.84. The molecule has 0 aromatic heterocycles. The molecule has 1 heterocycles. The van der Waals surface area contributed by atoms with Gasteiger partial charge in [-0.1, -0.05) is 12.1 Å². The molecule has 1 aliphatic heterocycles. The number of ether oxygens (including phenoxy) is 1. The summed E-state index contributed by atoms with van der Waals surface area (Å²) in [5, 5.41) is 5.59. The molecule has 2 amide bonds. The van der Waals surface area contributed by atoms with Crippen molar-refractivity contribution >= 4 is 11.8 Å². The lowest BCUT2D eigenvalue weighted by Gasteiger charge is -2.49. The summed E-state index contributed by atoms with van der Waals surface area (Å²) in [6.07, 6.45) is 0.999. The summed E-state index contributed by atoms with van der Waals surface area (Å²) >= 11 is 0. The first kappa shape index (κ1) is 19.2. The van der Waals surface area contributed by atoms with E-state index in [-0.39, 0.29) is 17.9 Å². The molecule has 0 bridgehead atoms. The topological polar surface area (TPSA) is 70.7 Å². The summed E-state index contributed by atoms with van der Waals surface area (Å²) < 4.78 is 5.66. The fourth-order valence-corrected chi connectivity index (χ4v) is 2.89. The Morgan fingerprint density at radius 3 is 2.36 bits per heavy atom. The minimum absolute atomic E-state index is 0.0175. The Hall–Kier alpha value is -2.08. The van der Waals surface area contributed by atoms with E-state index in [9.17, 15) is 9.59 Å². The van der Waals surface area contributed by atoms with Gasteiger partial charge in [-0.25, -0.2) is 0 Å². The normalized spacial score (nSPS) is 20.0. The second-order valence-corrected chi connectivity index (χ2v) is 6.99. The van der Waals surface area contributed by atoms with Crippen LogP contribution in [0, 0.1) is 0 Å². The molecular formula is C19H29N3O3. The minimum Gasteiger partial charge on any atom is -0.491 e. The van der Waals surface area contributed by atoms with Gasteiger partial charge in [0.2, 0.25) is 11.8 Å². The second kappa shape index (κ2) is 8.34. The fourth-order valence-electron chi connectivity index (χ4n) is 2.89. The van der Waals surface area contributed by atoms with Gasteiger partial charge in [0.1, 0.15) is 5.75 Å². The molecular weight excluding hydrogens is 318 g/mol. The molecule has 1 aliphatic rings. The van der Waals surface area contributed by atoms with Crippen LogP contribution < -0.4 is 15.4 Å². The van der Waals surface area contributed by atoms with E-state index in [1.165, 1.54) is 6.92 Å². The lowest BCUT2D eigenvalue weighted by Crippen LogP contribution is -2.65. The molecule has 6 heteroatoms. The molecule has 138 valence electrons. The van der Waals surface area contributed by atoms with Crippen LogP contribution in [0.15, 0.2) is 24.3 Å². The SMILES string of the molecule is CC(=O)NCCNC(=O)C1(C)CCN1Cc1ccc(OC(C)C)cc1. The molecule has 2 N–H and O–H groups in total. The van der Waals surface area contributed by atoms with Crippen molar-refractivity contribution in [3.05, 3.63) is 29.8 Å². The van der Waals surface area contributed by atoms with E-state index >= 15 is 0 Å². The van der Waals surface area contributed by atoms with E-state index < -0.39 is 5.54 Å². The van der Waals surface area contributed by atoms with Gasteiger partial charge < -0.3 is 15.4 Å². The Morgan fingerprint density at radius 1 is 1.20 bits per heavy atom. The smallest absolute Gasteiger partial charge is 0.240 e. The molecule has 25 heavy (non-hydrogen) atoms. The lowest BCUT2D eigenvalue weighted by molar-refractivity contribution is -0.142. The summed E-state index contributed by atoms with van der Waals surface area (Å²) in [7, 11) is 0. The number of rotatable bonds is 8. The number of hydrogen-bond acceptors (Lipinski definition) is 4. The zero-order valence-corrected chi connectivity index (χ0v) is 15.6. The fraction of sp³-hybridized carbons (Fsp3) is 0.579. The van der Waals surface area contributed by atoms with Crippen molar-refractivity contribution in [2.45, 2.75) is 52.3 Å². The largest absolute Gasteiger partial charge is 0.491 e. The molecule has 0 radical (unpaired) electrons. The molecule has 1 aromatic carbocycles. The predicted octanol–water partition coefficient (Wildman–Crippen LogP) is 1.69. The number of nitrogens with one attached hydrogen (secondary N) is 2. The van der Waals surface area contributed by atoms with Crippen LogP contribution in [0.25, 0.3) is 0 Å². The standard InChI is InChI=1S/C19H29N3O3/c1-14(2)25-17-7-5-16(6-8-17)13-22-12-9-19(22,4)18(24)21-11-10-20-15(3)23/h5-8,14H,9-13H2,1-4H3,(H,20,23)(H,21,24). The van der Waals surface area contributed by atoms with Crippen molar-refractivity contribution in [1.82, 2.24) is 15.5 Å². The molecule has 1 unspecified atom stereocenters. The molecule has 0 aliphatic carbocycles. The summed E-state index contributed by atoms with van der Waals surface area (Å²) in [5.74, 6) is 0.792. The highest BCUT2D eigenvalue weighted by atomic mass is 16.5. The maximum absolute atomic E-state index is 12.5. The average molecular weight is 347 g/mol. The average Bonchev–Trinajstić information content (AvgIpc) is 2.55. The highest BCUT2D eigenvalue weighted by molar-refractivity contribution is 5.87. The zero-order valence-electron chi connectivity index (χ0n) is 15.6. The second-order valence-electron chi connectivity index (χ2n) is 6.99. The summed E-state index contributed by atoms with van der Waals surface area (Å²) in [5.41, 5.74) is 0.677. The third-order valence-corrected chi connectivity index (χ3v) is 4.51. The van der Waals surface area contributed by atoms with Crippen molar-refractivity contribution in [2.24, 2.45) is 0 Å². The van der Waals surface area contributed by atoms with Crippen LogP contribution in [-0.2, 0) is 16.1 Å². The van der Waals surface area contributed by atoms with E-state index in [0.717, 1.165) is 30.8 Å². The number of hydrogen-bond donors (Lipinski definition) is 2. The molecule has 1 atom stereocenters. The number of nitrogens with zero attached hydrogens (tertiary/aromatic N) is 1. The first-order chi connectivity index (χ1) is 11.8. The van der Waals surface area contributed by atoms with Gasteiger partial charge in [0.25, 0.3) is 0 Å². The van der Waals surface area contributed by atoms with Gasteiger partial charge in [-0.15, -0.1) is 0 Å². The van der Waals surface area contributed by atoms with Crippen LogP contribution in [0.1, 0.15) is 39.7 Å². The third-order valence-electron chi connectivity index (χ3n) is 4.51. The Bertz CT molecular complexity index is 600. The Labute approximate surface area is 149 Å². The number of likely N-dealkylation sites (tertiary alicyclic amines) is 1. The van der Waals surface area contributed by atoms with Gasteiger partial charge in [-0.2, -0.15) is 0 Å². The van der Waals surface area contributed by atoms with Gasteiger partial charge >= 0.3 is 0 Å². The highest BCUT2D eigenvalue weighted by Gasteiger charge is 2.46. The third kappa shape index (κ3) is 5.19. The van der Waals surface area contributed by atoms with Crippen molar-refractivity contribution < 1.29 is 14.3 Å². The van der Waals surface area contributed by atoms with E-state index in [1.807, 2.05) is 45.0 Å². The number of benzene rings is 1. The maximum atomic E-state index is 12.5. The Balaban J connectivity index is 1.85. The summed E-state index contributed by atoms with van der Waals surface area (Å²) in [6, 6.07) is 8.04. The summed E-state index contributed by atoms with van der Waals surface area (Å²) in [4.78, 5) is 25.5. The number of amides is 2. The Morgan fingerprint density at radius 2 is 1.84 bits per heavy atom. The number of carbonyl (C=O) groups excluding carboxylic acids is 2. The van der Waals surface area contributed by atoms with Crippen molar-refractivity contribution in [3.8, 4) is 5.75 Å². The van der Waals surface area contributed by atoms with Gasteiger partial charge in [0.15, 0.2) is 0 Å². The van der Waals surface area contributed by atoms with E-state index in [1.54, 1.807) is 0 Å².